The quantitative estimate of drug-likeness (QED) is 0.276. The summed E-state index contributed by atoms with van der Waals surface area (Å²) in [5.41, 5.74) is 13.8. The lowest BCUT2D eigenvalue weighted by molar-refractivity contribution is 0.284. The molecule has 0 saturated heterocycles. The number of nitrogens with two attached hydrogens (primary N) is 2. The maximum absolute atomic E-state index is 14.3. The largest absolute Gasteiger partial charge is 0.486 e. The molecule has 0 bridgehead atoms. The average Bonchev–Trinajstić information content (AvgIpc) is 2.76. The van der Waals surface area contributed by atoms with Crippen molar-refractivity contribution in [3.05, 3.63) is 94.0 Å². The zero-order valence-corrected chi connectivity index (χ0v) is 19.3. The maximum Gasteiger partial charge on any atom is 0.165 e. The van der Waals surface area contributed by atoms with Gasteiger partial charge in [-0.25, -0.2) is 8.78 Å². The van der Waals surface area contributed by atoms with Gasteiger partial charge in [-0.2, -0.15) is 0 Å². The van der Waals surface area contributed by atoms with Crippen molar-refractivity contribution in [2.24, 2.45) is 11.5 Å². The summed E-state index contributed by atoms with van der Waals surface area (Å²) in [6.07, 6.45) is 0. The van der Waals surface area contributed by atoms with Crippen LogP contribution in [0.25, 0.3) is 0 Å². The van der Waals surface area contributed by atoms with Crippen molar-refractivity contribution in [2.45, 2.75) is 39.4 Å². The highest BCUT2D eigenvalue weighted by Gasteiger charge is 2.17. The Balaban J connectivity index is 1.80. The van der Waals surface area contributed by atoms with Gasteiger partial charge in [-0.15, -0.1) is 0 Å². The topological polar surface area (TPSA) is 118 Å². The Bertz CT molecular complexity index is 1150. The molecule has 0 radical (unpaired) electrons. The summed E-state index contributed by atoms with van der Waals surface area (Å²) < 4.78 is 40.0. The van der Waals surface area contributed by atoms with E-state index >= 15 is 0 Å². The van der Waals surface area contributed by atoms with Crippen LogP contribution < -0.4 is 20.9 Å². The zero-order valence-electron chi connectivity index (χ0n) is 19.3. The van der Waals surface area contributed by atoms with E-state index in [1.54, 1.807) is 0 Å². The molecule has 8 heteroatoms. The van der Waals surface area contributed by atoms with Crippen LogP contribution in [0.1, 0.15) is 48.6 Å². The van der Waals surface area contributed by atoms with Gasteiger partial charge in [0.2, 0.25) is 0 Å². The number of hydrogen-bond donors (Lipinski definition) is 4. The van der Waals surface area contributed by atoms with E-state index in [0.29, 0.717) is 0 Å². The fraction of sp³-hybridized carbons (Fsp3) is 0.231. The molecule has 3 aromatic rings. The van der Waals surface area contributed by atoms with Crippen LogP contribution in [-0.2, 0) is 18.6 Å². The Morgan fingerprint density at radius 2 is 1.15 bits per heavy atom. The molecule has 0 heterocycles. The highest BCUT2D eigenvalue weighted by atomic mass is 19.1. The summed E-state index contributed by atoms with van der Waals surface area (Å²) in [5, 5.41) is 14.8. The van der Waals surface area contributed by atoms with Crippen molar-refractivity contribution >= 4 is 11.7 Å². The molecule has 0 spiro atoms. The van der Waals surface area contributed by atoms with E-state index in [9.17, 15) is 8.78 Å². The molecular formula is C26H28F2N4O2. The van der Waals surface area contributed by atoms with Crippen molar-refractivity contribution < 1.29 is 18.3 Å². The van der Waals surface area contributed by atoms with Crippen LogP contribution in [0, 0.1) is 22.5 Å². The van der Waals surface area contributed by atoms with Crippen molar-refractivity contribution in [2.75, 3.05) is 0 Å². The Morgan fingerprint density at radius 1 is 0.735 bits per heavy atom. The summed E-state index contributed by atoms with van der Waals surface area (Å²) in [6, 6.07) is 14.1. The van der Waals surface area contributed by atoms with E-state index < -0.39 is 11.6 Å². The number of nitrogen functional groups attached to an aromatic ring is 2. The van der Waals surface area contributed by atoms with Crippen molar-refractivity contribution in [1.82, 2.24) is 0 Å². The van der Waals surface area contributed by atoms with Crippen LogP contribution in [0.2, 0.25) is 0 Å². The summed E-state index contributed by atoms with van der Waals surface area (Å²) >= 11 is 0. The van der Waals surface area contributed by atoms with E-state index in [1.807, 2.05) is 18.2 Å². The van der Waals surface area contributed by atoms with Gasteiger partial charge in [-0.3, -0.25) is 10.8 Å². The second-order valence-corrected chi connectivity index (χ2v) is 8.98. The van der Waals surface area contributed by atoms with Crippen molar-refractivity contribution in [1.29, 1.82) is 10.8 Å². The van der Waals surface area contributed by atoms with Gasteiger partial charge in [0.1, 0.15) is 24.9 Å². The lowest BCUT2D eigenvalue weighted by Gasteiger charge is -2.22. The summed E-state index contributed by atoms with van der Waals surface area (Å²) in [4.78, 5) is 0. The molecule has 3 aromatic carbocycles. The molecule has 0 fully saturated rings. The van der Waals surface area contributed by atoms with Crippen molar-refractivity contribution in [3.8, 4) is 11.5 Å². The van der Waals surface area contributed by atoms with Crippen LogP contribution in [0.3, 0.4) is 0 Å². The first-order valence-corrected chi connectivity index (χ1v) is 10.6. The molecule has 34 heavy (non-hydrogen) atoms. The van der Waals surface area contributed by atoms with Gasteiger partial charge in [-0.05, 0) is 64.6 Å². The number of amidine groups is 2. The fourth-order valence-electron chi connectivity index (χ4n) is 3.26. The maximum atomic E-state index is 14.3. The highest BCUT2D eigenvalue weighted by molar-refractivity contribution is 5.95. The molecule has 3 rings (SSSR count). The van der Waals surface area contributed by atoms with Gasteiger partial charge in [0.15, 0.2) is 23.1 Å². The van der Waals surface area contributed by atoms with Crippen molar-refractivity contribution in [3.63, 3.8) is 0 Å². The minimum Gasteiger partial charge on any atom is -0.486 e. The number of benzene rings is 3. The molecule has 6 N–H and O–H groups in total. The Hall–Kier alpha value is -3.94. The zero-order chi connectivity index (χ0) is 25.0. The lowest BCUT2D eigenvalue weighted by Crippen LogP contribution is -2.14. The van der Waals surface area contributed by atoms with E-state index in [2.05, 4.69) is 20.8 Å². The summed E-state index contributed by atoms with van der Waals surface area (Å²) in [7, 11) is 0. The number of hydrogen-bond acceptors (Lipinski definition) is 4. The number of ether oxygens (including phenoxy) is 2. The summed E-state index contributed by atoms with van der Waals surface area (Å²) in [6.45, 7) is 6.41. The minimum absolute atomic E-state index is 0.0524. The minimum atomic E-state index is -0.604. The van der Waals surface area contributed by atoms with Gasteiger partial charge in [0.25, 0.3) is 0 Å². The molecule has 0 aliphatic carbocycles. The molecular weight excluding hydrogens is 438 g/mol. The highest BCUT2D eigenvalue weighted by Crippen LogP contribution is 2.27. The van der Waals surface area contributed by atoms with Gasteiger partial charge >= 0.3 is 0 Å². The third kappa shape index (κ3) is 6.10. The molecule has 0 atom stereocenters. The van der Waals surface area contributed by atoms with E-state index in [-0.39, 0.29) is 52.9 Å². The van der Waals surface area contributed by atoms with Crippen LogP contribution in [0.4, 0.5) is 8.78 Å². The number of rotatable bonds is 8. The molecule has 0 saturated carbocycles. The van der Waals surface area contributed by atoms with Gasteiger partial charge in [-0.1, -0.05) is 32.9 Å². The third-order valence-electron chi connectivity index (χ3n) is 5.19. The Morgan fingerprint density at radius 3 is 1.47 bits per heavy atom. The molecule has 0 aliphatic rings. The van der Waals surface area contributed by atoms with E-state index in [0.717, 1.165) is 28.8 Å². The standard InChI is InChI=1S/C26H28F2N4O2/c1-26(2,3)19-9-15(13-33-22-6-4-17(24(29)30)11-20(22)27)8-16(10-19)14-34-23-7-5-18(25(31)32)12-21(23)28/h4-12H,13-14H2,1-3H3,(H3,29,30)(H3,31,32). The van der Waals surface area contributed by atoms with Gasteiger partial charge in [0, 0.05) is 11.1 Å². The Kier molecular flexibility index (Phi) is 7.20. The smallest absolute Gasteiger partial charge is 0.165 e. The second-order valence-electron chi connectivity index (χ2n) is 8.98. The summed E-state index contributed by atoms with van der Waals surface area (Å²) in [5.74, 6) is -1.55. The molecule has 0 unspecified atom stereocenters. The first kappa shape index (κ1) is 24.7. The third-order valence-corrected chi connectivity index (χ3v) is 5.19. The lowest BCUT2D eigenvalue weighted by atomic mass is 9.85. The molecule has 178 valence electrons. The first-order valence-electron chi connectivity index (χ1n) is 10.6. The molecule has 0 amide bonds. The molecule has 6 nitrogen and oxygen atoms in total. The number of nitrogens with one attached hydrogen (secondary N) is 2. The predicted octanol–water partition coefficient (Wildman–Crippen LogP) is 4.99. The molecule has 0 aliphatic heterocycles. The Labute approximate surface area is 197 Å². The normalized spacial score (nSPS) is 11.2. The van der Waals surface area contributed by atoms with Gasteiger partial charge < -0.3 is 20.9 Å². The van der Waals surface area contributed by atoms with E-state index in [4.69, 9.17) is 31.8 Å². The van der Waals surface area contributed by atoms with Crippen LogP contribution >= 0.6 is 0 Å². The fourth-order valence-corrected chi connectivity index (χ4v) is 3.26. The second kappa shape index (κ2) is 9.91. The van der Waals surface area contributed by atoms with Gasteiger partial charge in [0.05, 0.1) is 0 Å². The first-order chi connectivity index (χ1) is 15.9. The van der Waals surface area contributed by atoms with Crippen LogP contribution in [-0.4, -0.2) is 11.7 Å². The predicted molar refractivity (Wildman–Crippen MR) is 129 cm³/mol. The monoisotopic (exact) mass is 466 g/mol. The SMILES string of the molecule is CC(C)(C)c1cc(COc2ccc(C(=N)N)cc2F)cc(COc2ccc(C(=N)N)cc2F)c1. The average molecular weight is 467 g/mol. The molecule has 0 aromatic heterocycles. The van der Waals surface area contributed by atoms with E-state index in [1.165, 1.54) is 24.3 Å². The van der Waals surface area contributed by atoms with Crippen LogP contribution in [0.15, 0.2) is 54.6 Å². The number of halogens is 2. The van der Waals surface area contributed by atoms with Crippen LogP contribution in [0.5, 0.6) is 11.5 Å².